The molecule has 1 saturated carbocycles. The molecular formula is C40H46FN5O4S. The molecule has 2 bridgehead atoms. The molecule has 1 aliphatic carbocycles. The zero-order valence-corrected chi connectivity index (χ0v) is 30.5. The maximum Gasteiger partial charge on any atom is 0.309 e. The number of carboxylic acids is 1. The third-order valence-corrected chi connectivity index (χ3v) is 12.0. The van der Waals surface area contributed by atoms with Gasteiger partial charge in [-0.3, -0.25) is 19.0 Å². The van der Waals surface area contributed by atoms with Crippen molar-refractivity contribution in [3.8, 4) is 11.5 Å². The van der Waals surface area contributed by atoms with Crippen LogP contribution in [0.3, 0.4) is 0 Å². The van der Waals surface area contributed by atoms with Gasteiger partial charge in [0.25, 0.3) is 0 Å². The number of hydrogen-bond acceptors (Lipinski definition) is 6. The Morgan fingerprint density at radius 3 is 2.69 bits per heavy atom. The first-order valence-corrected chi connectivity index (χ1v) is 18.9. The first kappa shape index (κ1) is 36.2. The third kappa shape index (κ3) is 7.98. The average Bonchev–Trinajstić information content (AvgIpc) is 3.74. The van der Waals surface area contributed by atoms with Crippen LogP contribution in [0.1, 0.15) is 75.3 Å². The summed E-state index contributed by atoms with van der Waals surface area (Å²) in [6, 6.07) is 14.5. The van der Waals surface area contributed by atoms with Crippen LogP contribution in [0.5, 0.6) is 11.5 Å². The summed E-state index contributed by atoms with van der Waals surface area (Å²) < 4.78 is 35.4. The second-order valence-corrected chi connectivity index (χ2v) is 16.4. The number of nitrogens with zero attached hydrogens (tertiary/aromatic N) is 3. The number of fused-ring (bicyclic) bond motifs is 5. The van der Waals surface area contributed by atoms with Crippen LogP contribution in [0.4, 0.5) is 4.39 Å². The number of aromatic amines is 1. The van der Waals surface area contributed by atoms with Gasteiger partial charge in [0.2, 0.25) is 0 Å². The standard InChI is InChI=1S/C40H46FN5O4S/c1-38(2)14-6-5-7-15-39(3,27-10-8-9-26(21-27)24-40(16-17-40)37(47)48)36(42)46-35(43-4)33-22-28(11-18-45-33)50-34-30(13-20-51(49)25-38)29-12-19-44-32(29)23-31(34)41/h7-12,15,18-19,21-23,44H,5-6,13-14,16-17,20,24-25H2,1-4H3,(H,47,48)(H2,42,43,46)/t39-,51?/m1/s1. The fraction of sp³-hybridized carbons (Fsp3) is 0.400. The van der Waals surface area contributed by atoms with Crippen molar-refractivity contribution in [2.24, 2.45) is 26.5 Å². The monoisotopic (exact) mass is 711 g/mol. The Kier molecular flexibility index (Phi) is 10.3. The van der Waals surface area contributed by atoms with E-state index >= 15 is 4.39 Å². The Bertz CT molecular complexity index is 2060. The van der Waals surface area contributed by atoms with E-state index in [1.165, 1.54) is 6.07 Å². The number of allylic oxidation sites excluding steroid dienone is 1. The molecular weight excluding hydrogens is 666 g/mol. The lowest BCUT2D eigenvalue weighted by Gasteiger charge is -2.28. The fourth-order valence-electron chi connectivity index (χ4n) is 6.90. The molecule has 3 heterocycles. The average molecular weight is 712 g/mol. The summed E-state index contributed by atoms with van der Waals surface area (Å²) >= 11 is 0. The number of aliphatic imine (C=N–C) groups is 2. The summed E-state index contributed by atoms with van der Waals surface area (Å²) in [5, 5.41) is 10.7. The highest BCUT2D eigenvalue weighted by Crippen LogP contribution is 2.49. The number of nitrogens with two attached hydrogens (primary N) is 1. The van der Waals surface area contributed by atoms with Gasteiger partial charge in [-0.05, 0) is 80.5 Å². The molecule has 1 aliphatic heterocycles. The van der Waals surface area contributed by atoms with Crippen LogP contribution in [0.15, 0.2) is 83.1 Å². The largest absolute Gasteiger partial charge is 0.481 e. The number of aryl methyl sites for hydroxylation is 1. The molecule has 2 aromatic carbocycles. The number of ether oxygens (including phenoxy) is 1. The quantitative estimate of drug-likeness (QED) is 0.186. The van der Waals surface area contributed by atoms with Gasteiger partial charge in [-0.25, -0.2) is 9.38 Å². The molecule has 2 aromatic heterocycles. The summed E-state index contributed by atoms with van der Waals surface area (Å²) in [5.41, 5.74) is 8.63. The van der Waals surface area contributed by atoms with E-state index in [9.17, 15) is 14.1 Å². The Labute approximate surface area is 300 Å². The minimum absolute atomic E-state index is 0.0800. The Morgan fingerprint density at radius 2 is 1.94 bits per heavy atom. The second kappa shape index (κ2) is 14.5. The van der Waals surface area contributed by atoms with Gasteiger partial charge in [-0.1, -0.05) is 50.3 Å². The van der Waals surface area contributed by atoms with Gasteiger partial charge in [0, 0.05) is 70.3 Å². The van der Waals surface area contributed by atoms with Gasteiger partial charge in [0.05, 0.1) is 10.8 Å². The maximum atomic E-state index is 15.7. The number of hydrogen-bond donors (Lipinski definition) is 3. The van der Waals surface area contributed by atoms with E-state index in [1.54, 1.807) is 31.6 Å². The van der Waals surface area contributed by atoms with E-state index in [0.717, 1.165) is 35.8 Å². The van der Waals surface area contributed by atoms with Gasteiger partial charge >= 0.3 is 5.97 Å². The molecule has 11 heteroatoms. The summed E-state index contributed by atoms with van der Waals surface area (Å²) in [6.07, 6.45) is 12.1. The maximum absolute atomic E-state index is 15.7. The molecule has 0 radical (unpaired) electrons. The van der Waals surface area contributed by atoms with Crippen molar-refractivity contribution in [2.75, 3.05) is 18.6 Å². The molecule has 6 rings (SSSR count). The van der Waals surface area contributed by atoms with Crippen LogP contribution < -0.4 is 10.5 Å². The minimum atomic E-state index is -1.14. The molecule has 4 aromatic rings. The summed E-state index contributed by atoms with van der Waals surface area (Å²) in [7, 11) is 0.461. The van der Waals surface area contributed by atoms with Crippen LogP contribution in [-0.4, -0.2) is 55.5 Å². The predicted molar refractivity (Wildman–Crippen MR) is 202 cm³/mol. The number of benzene rings is 2. The zero-order chi connectivity index (χ0) is 36.4. The summed E-state index contributed by atoms with van der Waals surface area (Å²) in [4.78, 5) is 28.8. The lowest BCUT2D eigenvalue weighted by molar-refractivity contribution is -0.143. The van der Waals surface area contributed by atoms with E-state index in [4.69, 9.17) is 15.5 Å². The van der Waals surface area contributed by atoms with E-state index in [-0.39, 0.29) is 22.8 Å². The van der Waals surface area contributed by atoms with E-state index < -0.39 is 33.4 Å². The lowest BCUT2D eigenvalue weighted by Crippen LogP contribution is -2.38. The highest BCUT2D eigenvalue weighted by atomic mass is 32.2. The van der Waals surface area contributed by atoms with E-state index in [0.29, 0.717) is 59.7 Å². The number of H-pyrrole nitrogens is 1. The number of aliphatic carboxylic acids is 1. The number of carbonyl (C=O) groups is 1. The van der Waals surface area contributed by atoms with Crippen LogP contribution in [-0.2, 0) is 33.9 Å². The number of amidine groups is 2. The molecule has 1 fully saturated rings. The number of carboxylic acid groups (broad SMARTS) is 1. The van der Waals surface area contributed by atoms with Gasteiger partial charge in [0.15, 0.2) is 17.4 Å². The molecule has 51 heavy (non-hydrogen) atoms. The number of pyridine rings is 1. The highest BCUT2D eigenvalue weighted by molar-refractivity contribution is 7.85. The molecule has 2 aliphatic rings. The Balaban J connectivity index is 1.42. The molecule has 1 unspecified atom stereocenters. The number of halogens is 1. The molecule has 0 saturated heterocycles. The van der Waals surface area contributed by atoms with Crippen molar-refractivity contribution < 1.29 is 23.2 Å². The van der Waals surface area contributed by atoms with Crippen molar-refractivity contribution in [2.45, 2.75) is 71.1 Å². The van der Waals surface area contributed by atoms with Crippen LogP contribution in [0.2, 0.25) is 0 Å². The SMILES string of the molecule is CN=C1N=C(N)[C@@](C)(c2cccc(CC3(C(=O)O)CC3)c2)C=CCCCC(C)(C)CS(=O)CCc2c(c(F)cc3[nH]ccc23)Oc2ccnc1c2. The zero-order valence-electron chi connectivity index (χ0n) is 29.7. The third-order valence-electron chi connectivity index (χ3n) is 10.2. The van der Waals surface area contributed by atoms with Crippen LogP contribution >= 0.6 is 0 Å². The number of aromatic nitrogens is 2. The van der Waals surface area contributed by atoms with Crippen LogP contribution in [0, 0.1) is 16.6 Å². The van der Waals surface area contributed by atoms with Gasteiger partial charge in [-0.15, -0.1) is 0 Å². The Hall–Kier alpha value is -4.64. The number of nitrogens with one attached hydrogen (secondary N) is 1. The van der Waals surface area contributed by atoms with Crippen molar-refractivity contribution >= 4 is 39.3 Å². The van der Waals surface area contributed by atoms with Crippen LogP contribution in [0.25, 0.3) is 10.9 Å². The van der Waals surface area contributed by atoms with E-state index in [1.807, 2.05) is 37.3 Å². The molecule has 2 atom stereocenters. The first-order valence-electron chi connectivity index (χ1n) is 17.4. The normalized spacial score (nSPS) is 23.2. The number of rotatable bonds is 4. The van der Waals surface area contributed by atoms with Gasteiger partial charge < -0.3 is 20.6 Å². The smallest absolute Gasteiger partial charge is 0.309 e. The fourth-order valence-corrected chi connectivity index (χ4v) is 8.50. The van der Waals surface area contributed by atoms with Crippen molar-refractivity contribution in [1.82, 2.24) is 9.97 Å². The summed E-state index contributed by atoms with van der Waals surface area (Å²) in [5.74, 6) is 0.565. The molecule has 0 amide bonds. The Morgan fingerprint density at radius 1 is 1.14 bits per heavy atom. The van der Waals surface area contributed by atoms with Gasteiger partial charge in [0.1, 0.15) is 17.3 Å². The molecule has 0 spiro atoms. The minimum Gasteiger partial charge on any atom is -0.481 e. The molecule has 4 N–H and O–H groups in total. The second-order valence-electron chi connectivity index (χ2n) is 14.8. The van der Waals surface area contributed by atoms with Crippen molar-refractivity contribution in [3.63, 3.8) is 0 Å². The highest BCUT2D eigenvalue weighted by Gasteiger charge is 2.50. The predicted octanol–water partition coefficient (Wildman–Crippen LogP) is 7.65. The topological polar surface area (TPSA) is 143 Å². The van der Waals surface area contributed by atoms with Crippen molar-refractivity contribution in [3.05, 3.63) is 101 Å². The molecule has 268 valence electrons. The first-order chi connectivity index (χ1) is 24.3. The lowest BCUT2D eigenvalue weighted by atomic mass is 9.79. The molecule has 9 nitrogen and oxygen atoms in total. The van der Waals surface area contributed by atoms with Gasteiger partial charge in [-0.2, -0.15) is 0 Å². The van der Waals surface area contributed by atoms with Crippen molar-refractivity contribution in [1.29, 1.82) is 0 Å². The summed E-state index contributed by atoms with van der Waals surface area (Å²) in [6.45, 7) is 6.27. The van der Waals surface area contributed by atoms with E-state index in [2.05, 4.69) is 41.0 Å².